The first-order chi connectivity index (χ1) is 48.9. The molecule has 1 saturated heterocycles. The molecule has 11 atom stereocenters. The van der Waals surface area contributed by atoms with Crippen LogP contribution in [0.1, 0.15) is 176 Å². The minimum Gasteiger partial charge on any atom is -0.347 e. The zero-order chi connectivity index (χ0) is 78.9. The van der Waals surface area contributed by atoms with Gasteiger partial charge in [-0.3, -0.25) is 57.5 Å². The molecule has 24 nitrogen and oxygen atoms in total. The number of likely N-dealkylation sites (N-methyl/N-ethyl adjacent to an activating group) is 8. The molecule has 105 heavy (non-hydrogen) atoms. The van der Waals surface area contributed by atoms with Gasteiger partial charge in [-0.2, -0.15) is 26.3 Å². The van der Waals surface area contributed by atoms with E-state index in [9.17, 15) is 55.1 Å². The van der Waals surface area contributed by atoms with Crippen LogP contribution in [0.4, 0.5) is 35.1 Å². The van der Waals surface area contributed by atoms with Gasteiger partial charge in [-0.1, -0.05) is 73.0 Å². The number of hydrogen-bond acceptors (Lipinski definition) is 12. The topological polar surface area (TPSA) is 270 Å². The van der Waals surface area contributed by atoms with Crippen LogP contribution in [0.3, 0.4) is 0 Å². The summed E-state index contributed by atoms with van der Waals surface area (Å²) in [5.41, 5.74) is -2.32. The third kappa shape index (κ3) is 21.0. The average Bonchev–Trinajstić information content (AvgIpc) is 1.08. The fraction of sp³-hybridized carbons (Fsp3) is 0.808. The van der Waals surface area contributed by atoms with E-state index in [0.29, 0.717) is 32.1 Å². The summed E-state index contributed by atoms with van der Waals surface area (Å²) in [5.74, 6) is -16.8. The van der Waals surface area contributed by atoms with Gasteiger partial charge in [0, 0.05) is 70.0 Å². The zero-order valence-electron chi connectivity index (χ0n) is 63.8. The summed E-state index contributed by atoms with van der Waals surface area (Å²) >= 11 is 0. The molecule has 6 rings (SSSR count). The van der Waals surface area contributed by atoms with E-state index in [2.05, 4.69) is 16.0 Å². The van der Waals surface area contributed by atoms with Crippen LogP contribution in [-0.2, 0) is 57.5 Å². The molecular formula is C73H114F8N12O12. The van der Waals surface area contributed by atoms with Crippen LogP contribution in [0.25, 0.3) is 0 Å². The van der Waals surface area contributed by atoms with Gasteiger partial charge < -0.3 is 60.0 Å². The predicted octanol–water partition coefficient (Wildman–Crippen LogP) is 6.58. The molecule has 4 saturated carbocycles. The SMILES string of the molecule is CC[C@H](C)[C@@H]1NC(=O)[C@H](CC)N(C)C(=O)C[C@@H](C(=O)N(C)C)N(C)C(=O)[C@H](C2CCCC2)N(C)C(=O)C2(CC(C)(C)C2)NC(=O)[C@H](CC)N(C)C(=O)[C@H](CCC2CC(F)C(C(F)(F)F)C(F)C2)NC(=O)CN(C)C(=O)[C@H](CC2CCC(C(F)(F)F)CC2)N2CC/C=C\C[C@@H](C2=O)N(C)C(=O)CN(C)C1=O. The van der Waals surface area contributed by atoms with Crippen molar-refractivity contribution in [2.24, 2.45) is 40.9 Å². The number of rotatable bonds is 11. The Morgan fingerprint density at radius 3 is 1.72 bits per heavy atom. The van der Waals surface area contributed by atoms with E-state index in [4.69, 9.17) is 0 Å². The molecule has 2 unspecified atom stereocenters. The number of halogens is 8. The minimum atomic E-state index is -5.21. The highest BCUT2D eigenvalue weighted by Gasteiger charge is 2.59. The summed E-state index contributed by atoms with van der Waals surface area (Å²) in [7, 11) is 12.0. The largest absolute Gasteiger partial charge is 0.397 e. The Morgan fingerprint density at radius 1 is 0.619 bits per heavy atom. The Kier molecular flexibility index (Phi) is 29.9. The van der Waals surface area contributed by atoms with Gasteiger partial charge in [0.25, 0.3) is 0 Å². The van der Waals surface area contributed by atoms with Crippen molar-refractivity contribution in [2.75, 3.05) is 83.1 Å². The van der Waals surface area contributed by atoms with Crippen LogP contribution in [0.15, 0.2) is 12.2 Å². The van der Waals surface area contributed by atoms with Gasteiger partial charge in [-0.05, 0) is 138 Å². The van der Waals surface area contributed by atoms with Gasteiger partial charge in [0.05, 0.1) is 25.4 Å². The molecule has 4 aliphatic carbocycles. The van der Waals surface area contributed by atoms with Crippen molar-refractivity contribution >= 4 is 70.9 Å². The molecule has 2 heterocycles. The quantitative estimate of drug-likeness (QED) is 0.146. The first-order valence-corrected chi connectivity index (χ1v) is 37.2. The highest BCUT2D eigenvalue weighted by atomic mass is 19.4. The molecule has 0 radical (unpaired) electrons. The third-order valence-electron chi connectivity index (χ3n) is 23.2. The van der Waals surface area contributed by atoms with E-state index in [0.717, 1.165) is 29.4 Å². The second-order valence-electron chi connectivity index (χ2n) is 31.7. The first-order valence-electron chi connectivity index (χ1n) is 37.2. The smallest absolute Gasteiger partial charge is 0.347 e. The van der Waals surface area contributed by atoms with Crippen LogP contribution >= 0.6 is 0 Å². The molecule has 0 aromatic carbocycles. The number of hydrogen-bond donors (Lipinski definition) is 3. The molecule has 12 amide bonds. The molecule has 32 heteroatoms. The van der Waals surface area contributed by atoms with Crippen molar-refractivity contribution in [3.05, 3.63) is 12.2 Å². The molecule has 5 fully saturated rings. The normalized spacial score (nSPS) is 31.8. The number of fused-ring (bicyclic) bond motifs is 2. The Morgan fingerprint density at radius 2 is 1.19 bits per heavy atom. The van der Waals surface area contributed by atoms with Crippen LogP contribution < -0.4 is 16.0 Å². The summed E-state index contributed by atoms with van der Waals surface area (Å²) < 4.78 is 115. The fourth-order valence-electron chi connectivity index (χ4n) is 16.9. The lowest BCUT2D eigenvalue weighted by Gasteiger charge is -2.54. The molecule has 6 aliphatic rings. The maximum Gasteiger partial charge on any atom is 0.397 e. The first kappa shape index (κ1) is 86.7. The monoisotopic (exact) mass is 1500 g/mol. The predicted molar refractivity (Wildman–Crippen MR) is 372 cm³/mol. The Labute approximate surface area is 612 Å². The van der Waals surface area contributed by atoms with E-state index >= 15 is 37.5 Å². The number of amides is 12. The van der Waals surface area contributed by atoms with Crippen LogP contribution in [0, 0.1) is 40.9 Å². The molecule has 2 bridgehead atoms. The summed E-state index contributed by atoms with van der Waals surface area (Å²) in [4.78, 5) is 189. The van der Waals surface area contributed by atoms with Gasteiger partial charge in [0.1, 0.15) is 72.1 Å². The van der Waals surface area contributed by atoms with E-state index in [1.807, 2.05) is 13.8 Å². The summed E-state index contributed by atoms with van der Waals surface area (Å²) in [5, 5.41) is 8.31. The highest BCUT2D eigenvalue weighted by Crippen LogP contribution is 2.50. The molecule has 3 N–H and O–H groups in total. The van der Waals surface area contributed by atoms with Gasteiger partial charge in [0.2, 0.25) is 70.9 Å². The lowest BCUT2D eigenvalue weighted by atomic mass is 9.58. The van der Waals surface area contributed by atoms with Gasteiger partial charge in [0.15, 0.2) is 0 Å². The number of nitrogens with one attached hydrogen (secondary N) is 3. The van der Waals surface area contributed by atoms with Crippen molar-refractivity contribution in [2.45, 2.75) is 255 Å². The van der Waals surface area contributed by atoms with E-state index in [-0.39, 0.29) is 83.6 Å². The summed E-state index contributed by atoms with van der Waals surface area (Å²) in [6, 6.07) is -11.3. The van der Waals surface area contributed by atoms with E-state index in [1.54, 1.807) is 39.8 Å². The van der Waals surface area contributed by atoms with E-state index in [1.165, 1.54) is 78.1 Å². The fourth-order valence-corrected chi connectivity index (χ4v) is 16.9. The molecule has 0 aromatic heterocycles. The van der Waals surface area contributed by atoms with Gasteiger partial charge >= 0.3 is 12.4 Å². The minimum absolute atomic E-state index is 0.00177. The van der Waals surface area contributed by atoms with Crippen molar-refractivity contribution in [1.29, 1.82) is 0 Å². The Balaban J connectivity index is 1.46. The number of alkyl halides is 8. The Hall–Kier alpha value is -7.18. The molecule has 1 spiro atoms. The standard InChI is InChI=1S/C73H114F8N12O12/c1-16-42(4)59-67(103)87(10)39-57(96)89(12)52-26-20-19-23-33-93(66(52)102)54(36-43-27-30-46(31-28-43)72(76,77)78)65(101)86(9)38-55(94)82-49(32-29-44-34-47(74)58(48(75)35-44)73(79,80)81)63(99)90(13)51(18-3)62(98)84-71(40-70(5,6)41-71)69(105)92(15)60(45-24-21-22-25-45)68(104)91(14)53(64(100)85(7)8)37-56(95)88(11)50(17-2)61(97)83-59/h19-20,42-54,58-60H,16-18,21-41H2,1-15H3,(H,82,94)(H,83,97)(H,84,98)/b20-19-/t42-,43?,44?,46?,47?,48?,49-,50-,51-,52-,53-,54-,58?,59-,60-/m0/s1. The van der Waals surface area contributed by atoms with Crippen molar-refractivity contribution in [3.8, 4) is 0 Å². The zero-order valence-corrected chi connectivity index (χ0v) is 63.8. The maximum atomic E-state index is 15.6. The highest BCUT2D eigenvalue weighted by molar-refractivity contribution is 6.01. The van der Waals surface area contributed by atoms with Crippen molar-refractivity contribution in [1.82, 2.24) is 60.0 Å². The third-order valence-corrected chi connectivity index (χ3v) is 23.2. The lowest BCUT2D eigenvalue weighted by molar-refractivity contribution is -0.219. The lowest BCUT2D eigenvalue weighted by Crippen LogP contribution is -2.71. The number of carbonyl (C=O) groups excluding carboxylic acids is 12. The Bertz CT molecular complexity index is 3140. The second-order valence-corrected chi connectivity index (χ2v) is 31.7. The van der Waals surface area contributed by atoms with Crippen molar-refractivity contribution in [3.63, 3.8) is 0 Å². The number of carbonyl (C=O) groups is 12. The second kappa shape index (κ2) is 36.1. The van der Waals surface area contributed by atoms with Crippen LogP contribution in [-0.4, -0.2) is 277 Å². The molecular weight excluding hydrogens is 1390 g/mol. The van der Waals surface area contributed by atoms with Gasteiger partial charge in [-0.25, -0.2) is 8.78 Å². The maximum absolute atomic E-state index is 15.6. The van der Waals surface area contributed by atoms with Crippen LogP contribution in [0.5, 0.6) is 0 Å². The van der Waals surface area contributed by atoms with Gasteiger partial charge in [-0.15, -0.1) is 0 Å². The number of nitrogens with zero attached hydrogens (tertiary/aromatic N) is 9. The molecule has 0 aromatic rings. The van der Waals surface area contributed by atoms with E-state index < -0.39 is 229 Å². The molecule has 2 aliphatic heterocycles. The van der Waals surface area contributed by atoms with Crippen molar-refractivity contribution < 1.29 is 92.7 Å². The summed E-state index contributed by atoms with van der Waals surface area (Å²) in [6.07, 6.45) is -12.8. The molecule has 594 valence electrons. The average molecular weight is 1500 g/mol. The van der Waals surface area contributed by atoms with Crippen LogP contribution in [0.2, 0.25) is 0 Å². The summed E-state index contributed by atoms with van der Waals surface area (Å²) in [6.45, 7) is 8.67.